The first-order valence-electron chi connectivity index (χ1n) is 3.86. The quantitative estimate of drug-likeness (QED) is 0.770. The summed E-state index contributed by atoms with van der Waals surface area (Å²) in [5.41, 5.74) is 0.793. The fourth-order valence-corrected chi connectivity index (χ4v) is 1.19. The van der Waals surface area contributed by atoms with Crippen LogP contribution < -0.4 is 0 Å². The Morgan fingerprint density at radius 3 is 2.57 bits per heavy atom. The molecule has 0 fully saturated rings. The fourth-order valence-electron chi connectivity index (χ4n) is 1.19. The number of hydrogen-bond donors (Lipinski definition) is 1. The zero-order valence-electron chi connectivity index (χ0n) is 7.07. The first kappa shape index (κ1) is 10.7. The van der Waals surface area contributed by atoms with Crippen LogP contribution in [-0.2, 0) is 17.1 Å². The van der Waals surface area contributed by atoms with Crippen LogP contribution in [0.15, 0.2) is 36.4 Å². The summed E-state index contributed by atoms with van der Waals surface area (Å²) in [6.07, 6.45) is 0. The summed E-state index contributed by atoms with van der Waals surface area (Å²) in [7, 11) is 0. The molecule has 0 aliphatic rings. The number of fused-ring (bicyclic) bond motifs is 1. The van der Waals surface area contributed by atoms with E-state index < -0.39 is 5.97 Å². The molecule has 2 rings (SSSR count). The third-order valence-electron chi connectivity index (χ3n) is 1.82. The van der Waals surface area contributed by atoms with Crippen molar-refractivity contribution in [3.63, 3.8) is 0 Å². The summed E-state index contributed by atoms with van der Waals surface area (Å²) in [4.78, 5) is 14.6. The van der Waals surface area contributed by atoms with Gasteiger partial charge in [-0.25, -0.2) is 9.78 Å². The topological polar surface area (TPSA) is 50.2 Å². The minimum absolute atomic E-state index is 0. The number of carbonyl (C=O) groups is 1. The van der Waals surface area contributed by atoms with Gasteiger partial charge in [0.15, 0.2) is 0 Å². The van der Waals surface area contributed by atoms with E-state index in [1.54, 1.807) is 12.1 Å². The zero-order valence-corrected chi connectivity index (χ0v) is 8.01. The van der Waals surface area contributed by atoms with Gasteiger partial charge in [-0.15, -0.1) is 0 Å². The van der Waals surface area contributed by atoms with E-state index in [1.807, 2.05) is 18.2 Å². The average molecular weight is 237 g/mol. The van der Waals surface area contributed by atoms with Crippen LogP contribution in [0, 0.1) is 0 Å². The standard InChI is InChI=1S/C10H7NO2.Cu/c12-10(13)9-6-5-7-3-1-2-4-8(7)11-9;/h1-6H,(H,12,13);. The van der Waals surface area contributed by atoms with Crippen LogP contribution in [0.4, 0.5) is 0 Å². The number of hydrogen-bond acceptors (Lipinski definition) is 2. The van der Waals surface area contributed by atoms with Crippen LogP contribution in [0.25, 0.3) is 10.9 Å². The molecule has 0 aliphatic carbocycles. The van der Waals surface area contributed by atoms with E-state index in [9.17, 15) is 4.79 Å². The molecule has 0 saturated carbocycles. The summed E-state index contributed by atoms with van der Waals surface area (Å²) in [6.45, 7) is 0. The summed E-state index contributed by atoms with van der Waals surface area (Å²) >= 11 is 0. The van der Waals surface area contributed by atoms with E-state index in [0.717, 1.165) is 5.39 Å². The van der Waals surface area contributed by atoms with Crippen molar-refractivity contribution < 1.29 is 27.0 Å². The Morgan fingerprint density at radius 2 is 1.86 bits per heavy atom. The number of rotatable bonds is 1. The molecule has 0 bridgehead atoms. The Bertz CT molecular complexity index is 470. The molecular weight excluding hydrogens is 230 g/mol. The number of carboxylic acids is 1. The smallest absolute Gasteiger partial charge is 0.354 e. The SMILES string of the molecule is O=C(O)c1ccc2ccccc2n1.[Cu]. The van der Waals surface area contributed by atoms with Gasteiger partial charge in [0.05, 0.1) is 5.52 Å². The maximum Gasteiger partial charge on any atom is 0.354 e. The predicted octanol–water partition coefficient (Wildman–Crippen LogP) is 1.93. The second kappa shape index (κ2) is 4.22. The zero-order chi connectivity index (χ0) is 9.26. The monoisotopic (exact) mass is 236 g/mol. The van der Waals surface area contributed by atoms with Crippen LogP contribution in [0.5, 0.6) is 0 Å². The maximum atomic E-state index is 10.6. The molecule has 1 aromatic carbocycles. The van der Waals surface area contributed by atoms with Crippen LogP contribution >= 0.6 is 0 Å². The largest absolute Gasteiger partial charge is 0.477 e. The molecule has 1 aromatic heterocycles. The van der Waals surface area contributed by atoms with E-state index in [4.69, 9.17) is 5.11 Å². The Labute approximate surface area is 91.2 Å². The molecule has 14 heavy (non-hydrogen) atoms. The van der Waals surface area contributed by atoms with E-state index in [0.29, 0.717) is 5.52 Å². The molecule has 0 spiro atoms. The summed E-state index contributed by atoms with van der Waals surface area (Å²) in [5.74, 6) is -0.995. The van der Waals surface area contributed by atoms with Gasteiger partial charge in [0.2, 0.25) is 0 Å². The van der Waals surface area contributed by atoms with Crippen molar-refractivity contribution in [2.45, 2.75) is 0 Å². The Morgan fingerprint density at radius 1 is 1.14 bits per heavy atom. The number of para-hydroxylation sites is 1. The number of pyridine rings is 1. The first-order chi connectivity index (χ1) is 6.27. The average Bonchev–Trinajstić information content (AvgIpc) is 2.17. The van der Waals surface area contributed by atoms with Gasteiger partial charge in [-0.1, -0.05) is 24.3 Å². The number of carboxylic acid groups (broad SMARTS) is 1. The van der Waals surface area contributed by atoms with Crippen molar-refractivity contribution in [2.24, 2.45) is 0 Å². The van der Waals surface area contributed by atoms with Crippen LogP contribution in [-0.4, -0.2) is 16.1 Å². The second-order valence-corrected chi connectivity index (χ2v) is 2.69. The van der Waals surface area contributed by atoms with E-state index in [2.05, 4.69) is 4.98 Å². The number of aromatic carboxylic acids is 1. The molecular formula is C10H7CuNO2. The summed E-state index contributed by atoms with van der Waals surface area (Å²) < 4.78 is 0. The summed E-state index contributed by atoms with van der Waals surface area (Å²) in [6, 6.07) is 10.7. The van der Waals surface area contributed by atoms with Gasteiger partial charge in [0.25, 0.3) is 0 Å². The van der Waals surface area contributed by atoms with Gasteiger partial charge < -0.3 is 5.11 Å². The predicted molar refractivity (Wildman–Crippen MR) is 48.7 cm³/mol. The van der Waals surface area contributed by atoms with Gasteiger partial charge in [-0.05, 0) is 12.1 Å². The van der Waals surface area contributed by atoms with Crippen molar-refractivity contribution in [1.29, 1.82) is 0 Å². The third kappa shape index (κ3) is 1.92. The van der Waals surface area contributed by atoms with Gasteiger partial charge in [0, 0.05) is 22.5 Å². The van der Waals surface area contributed by atoms with Crippen molar-refractivity contribution in [1.82, 2.24) is 4.98 Å². The van der Waals surface area contributed by atoms with Gasteiger partial charge in [-0.2, -0.15) is 0 Å². The normalized spacial score (nSPS) is 9.43. The molecule has 3 nitrogen and oxygen atoms in total. The molecule has 75 valence electrons. The number of nitrogens with zero attached hydrogens (tertiary/aromatic N) is 1. The first-order valence-corrected chi connectivity index (χ1v) is 3.86. The molecule has 2 aromatic rings. The van der Waals surface area contributed by atoms with Crippen LogP contribution in [0.1, 0.15) is 10.5 Å². The fraction of sp³-hybridized carbons (Fsp3) is 0. The molecule has 0 unspecified atom stereocenters. The van der Waals surface area contributed by atoms with Crippen molar-refractivity contribution in [3.8, 4) is 0 Å². The molecule has 0 aliphatic heterocycles. The third-order valence-corrected chi connectivity index (χ3v) is 1.82. The van der Waals surface area contributed by atoms with E-state index >= 15 is 0 Å². The second-order valence-electron chi connectivity index (χ2n) is 2.69. The van der Waals surface area contributed by atoms with Gasteiger partial charge >= 0.3 is 5.97 Å². The van der Waals surface area contributed by atoms with Crippen molar-refractivity contribution in [2.75, 3.05) is 0 Å². The molecule has 0 amide bonds. The van der Waals surface area contributed by atoms with Gasteiger partial charge in [0.1, 0.15) is 5.69 Å². The molecule has 0 atom stereocenters. The Balaban J connectivity index is 0.000000980. The Kier molecular flexibility index (Phi) is 3.23. The minimum Gasteiger partial charge on any atom is -0.477 e. The maximum absolute atomic E-state index is 10.6. The van der Waals surface area contributed by atoms with E-state index in [-0.39, 0.29) is 22.8 Å². The number of aromatic nitrogens is 1. The number of benzene rings is 1. The molecule has 1 radical (unpaired) electrons. The molecule has 4 heteroatoms. The minimum atomic E-state index is -0.995. The summed E-state index contributed by atoms with van der Waals surface area (Å²) in [5, 5.41) is 9.63. The molecule has 0 saturated heterocycles. The molecule has 1 heterocycles. The van der Waals surface area contributed by atoms with Crippen molar-refractivity contribution >= 4 is 16.9 Å². The van der Waals surface area contributed by atoms with Crippen LogP contribution in [0.2, 0.25) is 0 Å². The van der Waals surface area contributed by atoms with Gasteiger partial charge in [-0.3, -0.25) is 0 Å². The van der Waals surface area contributed by atoms with Crippen LogP contribution in [0.3, 0.4) is 0 Å². The molecule has 1 N–H and O–H groups in total. The van der Waals surface area contributed by atoms with Crippen molar-refractivity contribution in [3.05, 3.63) is 42.1 Å². The Hall–Kier alpha value is -1.38. The van der Waals surface area contributed by atoms with E-state index in [1.165, 1.54) is 6.07 Å².